The Balaban J connectivity index is 2.21. The van der Waals surface area contributed by atoms with Crippen LogP contribution < -0.4 is 10.2 Å². The molecular formula is C11H12N2O3. The molecule has 1 aromatic carbocycles. The topological polar surface area (TPSA) is 59.9 Å². The Morgan fingerprint density at radius 2 is 2.31 bits per heavy atom. The van der Waals surface area contributed by atoms with E-state index in [9.17, 15) is 4.79 Å². The van der Waals surface area contributed by atoms with Crippen molar-refractivity contribution in [3.63, 3.8) is 0 Å². The Hall–Kier alpha value is -2.04. The molecule has 1 aliphatic rings. The molecule has 0 bridgehead atoms. The number of rotatable bonds is 1. The summed E-state index contributed by atoms with van der Waals surface area (Å²) in [5.41, 5.74) is 4.02. The van der Waals surface area contributed by atoms with Crippen molar-refractivity contribution in [3.8, 4) is 5.75 Å². The molecule has 84 valence electrons. The number of hydrazone groups is 1. The van der Waals surface area contributed by atoms with Crippen LogP contribution in [0, 0.1) is 0 Å². The van der Waals surface area contributed by atoms with Crippen LogP contribution in [0.25, 0.3) is 0 Å². The molecule has 0 aliphatic carbocycles. The van der Waals surface area contributed by atoms with E-state index in [1.165, 1.54) is 7.11 Å². The molecular weight excluding hydrogens is 208 g/mol. The van der Waals surface area contributed by atoms with Gasteiger partial charge in [-0.25, -0.2) is 10.2 Å². The molecule has 2 rings (SSSR count). The first-order valence-corrected chi connectivity index (χ1v) is 4.94. The smallest absolute Gasteiger partial charge is 0.427 e. The van der Waals surface area contributed by atoms with Gasteiger partial charge >= 0.3 is 6.09 Å². The van der Waals surface area contributed by atoms with E-state index in [1.807, 2.05) is 24.3 Å². The van der Waals surface area contributed by atoms with Crippen molar-refractivity contribution >= 4 is 11.8 Å². The number of amides is 1. The fraction of sp³-hybridized carbons (Fsp3) is 0.273. The zero-order chi connectivity index (χ0) is 11.4. The Kier molecular flexibility index (Phi) is 3.05. The van der Waals surface area contributed by atoms with Gasteiger partial charge in [-0.15, -0.1) is 0 Å². The minimum Gasteiger partial charge on any atom is -0.492 e. The molecule has 5 nitrogen and oxygen atoms in total. The van der Waals surface area contributed by atoms with E-state index in [2.05, 4.69) is 15.3 Å². The Bertz CT molecular complexity index is 429. The van der Waals surface area contributed by atoms with Crippen LogP contribution in [0.2, 0.25) is 0 Å². The van der Waals surface area contributed by atoms with E-state index in [4.69, 9.17) is 4.74 Å². The third kappa shape index (κ3) is 2.13. The number of nitrogens with zero attached hydrogens (tertiary/aromatic N) is 1. The molecule has 0 spiro atoms. The average molecular weight is 220 g/mol. The molecule has 5 heteroatoms. The lowest BCUT2D eigenvalue weighted by Gasteiger charge is -2.18. The average Bonchev–Trinajstić information content (AvgIpc) is 2.35. The van der Waals surface area contributed by atoms with E-state index in [0.29, 0.717) is 13.0 Å². The predicted molar refractivity (Wildman–Crippen MR) is 58.6 cm³/mol. The maximum Gasteiger partial charge on any atom is 0.427 e. The summed E-state index contributed by atoms with van der Waals surface area (Å²) in [5.74, 6) is 0.791. The van der Waals surface area contributed by atoms with Crippen LogP contribution in [0.3, 0.4) is 0 Å². The molecule has 16 heavy (non-hydrogen) atoms. The van der Waals surface area contributed by atoms with Gasteiger partial charge in [-0.1, -0.05) is 12.1 Å². The monoisotopic (exact) mass is 220 g/mol. The minimum atomic E-state index is -0.573. The van der Waals surface area contributed by atoms with Gasteiger partial charge in [0.25, 0.3) is 0 Å². The largest absolute Gasteiger partial charge is 0.492 e. The Labute approximate surface area is 93.1 Å². The van der Waals surface area contributed by atoms with E-state index in [1.54, 1.807) is 0 Å². The van der Waals surface area contributed by atoms with Crippen molar-refractivity contribution in [2.75, 3.05) is 13.7 Å². The highest BCUT2D eigenvalue weighted by Crippen LogP contribution is 2.24. The molecule has 0 atom stereocenters. The van der Waals surface area contributed by atoms with E-state index in [-0.39, 0.29) is 0 Å². The number of fused-ring (bicyclic) bond motifs is 1. The number of hydrogen-bond donors (Lipinski definition) is 1. The lowest BCUT2D eigenvalue weighted by molar-refractivity contribution is 0.171. The molecule has 1 aromatic rings. The summed E-state index contributed by atoms with van der Waals surface area (Å²) in [5, 5.41) is 4.01. The number of hydrogen-bond acceptors (Lipinski definition) is 4. The second-order valence-corrected chi connectivity index (χ2v) is 3.26. The van der Waals surface area contributed by atoms with Crippen molar-refractivity contribution in [2.24, 2.45) is 5.10 Å². The first-order chi connectivity index (χ1) is 7.81. The molecule has 0 saturated heterocycles. The lowest BCUT2D eigenvalue weighted by atomic mass is 10.0. The molecule has 1 heterocycles. The van der Waals surface area contributed by atoms with Crippen molar-refractivity contribution in [3.05, 3.63) is 29.8 Å². The summed E-state index contributed by atoms with van der Waals surface area (Å²) in [6.45, 7) is 0.568. The Morgan fingerprint density at radius 3 is 3.12 bits per heavy atom. The molecule has 1 aliphatic heterocycles. The summed E-state index contributed by atoms with van der Waals surface area (Å²) in [6.07, 6.45) is 0.0950. The predicted octanol–water partition coefficient (Wildman–Crippen LogP) is 1.53. The second-order valence-electron chi connectivity index (χ2n) is 3.26. The first kappa shape index (κ1) is 10.5. The van der Waals surface area contributed by atoms with Gasteiger partial charge in [0, 0.05) is 12.0 Å². The van der Waals surface area contributed by atoms with Gasteiger partial charge in [0.2, 0.25) is 0 Å². The number of benzene rings is 1. The third-order valence-electron chi connectivity index (χ3n) is 2.26. The molecule has 0 fully saturated rings. The number of para-hydroxylation sites is 1. The SMILES string of the molecule is COC(=O)N/N=C1/CCOc2ccccc21. The molecule has 0 unspecified atom stereocenters. The zero-order valence-corrected chi connectivity index (χ0v) is 8.90. The highest BCUT2D eigenvalue weighted by Gasteiger charge is 2.16. The van der Waals surface area contributed by atoms with Crippen LogP contribution in [-0.2, 0) is 4.74 Å². The van der Waals surface area contributed by atoms with Crippen molar-refractivity contribution in [1.29, 1.82) is 0 Å². The van der Waals surface area contributed by atoms with Crippen molar-refractivity contribution in [2.45, 2.75) is 6.42 Å². The number of carbonyl (C=O) groups excluding carboxylic acids is 1. The van der Waals surface area contributed by atoms with Gasteiger partial charge in [0.15, 0.2) is 0 Å². The molecule has 0 radical (unpaired) electrons. The van der Waals surface area contributed by atoms with E-state index in [0.717, 1.165) is 17.0 Å². The maximum absolute atomic E-state index is 10.9. The minimum absolute atomic E-state index is 0.568. The molecule has 1 amide bonds. The van der Waals surface area contributed by atoms with Gasteiger partial charge < -0.3 is 9.47 Å². The second kappa shape index (κ2) is 4.65. The normalized spacial score (nSPS) is 16.2. The van der Waals surface area contributed by atoms with Crippen LogP contribution in [0.4, 0.5) is 4.79 Å². The standard InChI is InChI=1S/C11H12N2O3/c1-15-11(14)13-12-9-6-7-16-10-5-3-2-4-8(9)10/h2-5H,6-7H2,1H3,(H,13,14)/b12-9-. The van der Waals surface area contributed by atoms with Gasteiger partial charge in [-0.3, -0.25) is 0 Å². The van der Waals surface area contributed by atoms with Crippen LogP contribution >= 0.6 is 0 Å². The highest BCUT2D eigenvalue weighted by atomic mass is 16.5. The summed E-state index contributed by atoms with van der Waals surface area (Å²) < 4.78 is 9.90. The molecule has 0 saturated carbocycles. The number of methoxy groups -OCH3 is 1. The van der Waals surface area contributed by atoms with Crippen LogP contribution in [0.15, 0.2) is 29.4 Å². The van der Waals surface area contributed by atoms with Crippen molar-refractivity contribution in [1.82, 2.24) is 5.43 Å². The van der Waals surface area contributed by atoms with E-state index >= 15 is 0 Å². The molecule has 1 N–H and O–H groups in total. The van der Waals surface area contributed by atoms with Gasteiger partial charge in [0.05, 0.1) is 19.4 Å². The van der Waals surface area contributed by atoms with Crippen molar-refractivity contribution < 1.29 is 14.3 Å². The number of carbonyl (C=O) groups is 1. The summed E-state index contributed by atoms with van der Waals surface area (Å²) in [7, 11) is 1.30. The fourth-order valence-corrected chi connectivity index (χ4v) is 1.50. The highest BCUT2D eigenvalue weighted by molar-refractivity contribution is 6.03. The quantitative estimate of drug-likeness (QED) is 0.730. The number of ether oxygens (including phenoxy) is 2. The van der Waals surface area contributed by atoms with Crippen LogP contribution in [0.1, 0.15) is 12.0 Å². The third-order valence-corrected chi connectivity index (χ3v) is 2.26. The Morgan fingerprint density at radius 1 is 1.50 bits per heavy atom. The summed E-state index contributed by atoms with van der Waals surface area (Å²) >= 11 is 0. The van der Waals surface area contributed by atoms with Gasteiger partial charge in [0.1, 0.15) is 5.75 Å². The zero-order valence-electron chi connectivity index (χ0n) is 8.90. The first-order valence-electron chi connectivity index (χ1n) is 4.94. The summed E-state index contributed by atoms with van der Waals surface area (Å²) in [6, 6.07) is 7.59. The lowest BCUT2D eigenvalue weighted by Crippen LogP contribution is -2.23. The van der Waals surface area contributed by atoms with Gasteiger partial charge in [-0.05, 0) is 12.1 Å². The van der Waals surface area contributed by atoms with Gasteiger partial charge in [-0.2, -0.15) is 5.10 Å². The maximum atomic E-state index is 10.9. The van der Waals surface area contributed by atoms with Crippen LogP contribution in [-0.4, -0.2) is 25.5 Å². The summed E-state index contributed by atoms with van der Waals surface area (Å²) in [4.78, 5) is 10.9. The fourth-order valence-electron chi connectivity index (χ4n) is 1.50. The van der Waals surface area contributed by atoms with Crippen LogP contribution in [0.5, 0.6) is 5.75 Å². The van der Waals surface area contributed by atoms with E-state index < -0.39 is 6.09 Å². The molecule has 0 aromatic heterocycles. The number of nitrogens with one attached hydrogen (secondary N) is 1.